The highest BCUT2D eigenvalue weighted by atomic mass is 79.9. The minimum atomic E-state index is -1.99. The maximum atomic E-state index is 12.5. The standard InChI is InChI=1S/C29H42BrNO4Si/c1-17(2)36(18(3)4,19(5)6)34-16-22-13-29-10-9-23(32)12-25(29)35-28-26(29)21(14-31-22)11-24(27(28)30)33-15-20-7-8-20/h9-11,17-20,22,25,31H,7-8,12-16H2,1-6H3/t22-,25+,29?/m0/s1. The number of nitrogens with one attached hydrogen (secondary N) is 1. The van der Waals surface area contributed by atoms with Crippen molar-refractivity contribution in [2.75, 3.05) is 13.2 Å². The van der Waals surface area contributed by atoms with Crippen molar-refractivity contribution in [3.05, 3.63) is 33.8 Å². The van der Waals surface area contributed by atoms with Gasteiger partial charge in [0.15, 0.2) is 14.1 Å². The molecule has 2 aliphatic heterocycles. The fraction of sp³-hybridized carbons (Fsp3) is 0.690. The molecule has 5 nitrogen and oxygen atoms in total. The highest BCUT2D eigenvalue weighted by Crippen LogP contribution is 2.57. The van der Waals surface area contributed by atoms with Crippen LogP contribution in [0.2, 0.25) is 16.6 Å². The molecule has 0 saturated heterocycles. The number of allylic oxidation sites excluding steroid dienone is 1. The third-order valence-corrected chi connectivity index (χ3v) is 15.9. The number of ether oxygens (including phenoxy) is 2. The van der Waals surface area contributed by atoms with E-state index in [0.717, 1.165) is 35.5 Å². The van der Waals surface area contributed by atoms with Gasteiger partial charge in [0.25, 0.3) is 0 Å². The normalized spacial score (nSPS) is 27.3. The van der Waals surface area contributed by atoms with Gasteiger partial charge in [-0.15, -0.1) is 0 Å². The third kappa shape index (κ3) is 4.42. The summed E-state index contributed by atoms with van der Waals surface area (Å²) >= 11 is 3.81. The highest BCUT2D eigenvalue weighted by molar-refractivity contribution is 9.10. The Kier molecular flexibility index (Phi) is 7.25. The second-order valence-corrected chi connectivity index (χ2v) is 18.6. The van der Waals surface area contributed by atoms with Gasteiger partial charge in [0.1, 0.15) is 22.1 Å². The smallest absolute Gasteiger partial charge is 0.200 e. The molecule has 1 spiro atoms. The summed E-state index contributed by atoms with van der Waals surface area (Å²) in [4.78, 5) is 12.5. The van der Waals surface area contributed by atoms with E-state index < -0.39 is 8.32 Å². The predicted molar refractivity (Wildman–Crippen MR) is 149 cm³/mol. The molecule has 0 amide bonds. The number of carbonyl (C=O) groups is 1. The summed E-state index contributed by atoms with van der Waals surface area (Å²) in [6.45, 7) is 16.2. The number of hydrogen-bond donors (Lipinski definition) is 1. The monoisotopic (exact) mass is 575 g/mol. The summed E-state index contributed by atoms with van der Waals surface area (Å²) in [6.07, 6.45) is 7.49. The van der Waals surface area contributed by atoms with Crippen molar-refractivity contribution in [1.82, 2.24) is 5.32 Å². The zero-order valence-corrected chi connectivity index (χ0v) is 25.2. The number of rotatable bonds is 9. The molecule has 1 saturated carbocycles. The van der Waals surface area contributed by atoms with E-state index in [1.54, 1.807) is 6.08 Å². The van der Waals surface area contributed by atoms with E-state index in [2.05, 4.69) is 74.9 Å². The Labute approximate surface area is 226 Å². The van der Waals surface area contributed by atoms with E-state index in [1.165, 1.54) is 24.0 Å². The van der Waals surface area contributed by atoms with Crippen LogP contribution in [0.15, 0.2) is 22.7 Å². The van der Waals surface area contributed by atoms with E-state index in [-0.39, 0.29) is 23.3 Å². The summed E-state index contributed by atoms with van der Waals surface area (Å²) in [7, 11) is -1.99. The Morgan fingerprint density at radius 3 is 2.47 bits per heavy atom. The summed E-state index contributed by atoms with van der Waals surface area (Å²) in [5.41, 5.74) is 3.73. The molecular weight excluding hydrogens is 534 g/mol. The summed E-state index contributed by atoms with van der Waals surface area (Å²) in [5, 5.41) is 3.83. The van der Waals surface area contributed by atoms with E-state index in [0.29, 0.717) is 35.6 Å². The van der Waals surface area contributed by atoms with Crippen LogP contribution in [0.4, 0.5) is 0 Å². The zero-order valence-electron chi connectivity index (χ0n) is 22.7. The SMILES string of the molecule is CC(C)[Si](OC[C@@H]1CC23C=CC(=O)C[C@H]2Oc2c(Br)c(OCC4CC4)cc(c23)CN1)(C(C)C)C(C)C. The molecule has 1 unspecified atom stereocenters. The molecule has 2 heterocycles. The van der Waals surface area contributed by atoms with Crippen LogP contribution in [0, 0.1) is 5.92 Å². The topological polar surface area (TPSA) is 56.8 Å². The van der Waals surface area contributed by atoms with Crippen molar-refractivity contribution in [3.63, 3.8) is 0 Å². The van der Waals surface area contributed by atoms with Gasteiger partial charge in [0.05, 0.1) is 12.0 Å². The predicted octanol–water partition coefficient (Wildman–Crippen LogP) is 6.82. The molecule has 7 heteroatoms. The lowest BCUT2D eigenvalue weighted by atomic mass is 9.68. The van der Waals surface area contributed by atoms with Crippen molar-refractivity contribution in [1.29, 1.82) is 0 Å². The van der Waals surface area contributed by atoms with Crippen LogP contribution in [0.5, 0.6) is 11.5 Å². The summed E-state index contributed by atoms with van der Waals surface area (Å²) in [5.74, 6) is 2.52. The largest absolute Gasteiger partial charge is 0.492 e. The van der Waals surface area contributed by atoms with Crippen molar-refractivity contribution < 1.29 is 18.7 Å². The number of carbonyl (C=O) groups excluding carboxylic acids is 1. The van der Waals surface area contributed by atoms with Crippen molar-refractivity contribution in [2.24, 2.45) is 5.92 Å². The van der Waals surface area contributed by atoms with E-state index in [1.807, 2.05) is 0 Å². The van der Waals surface area contributed by atoms with Gasteiger partial charge < -0.3 is 19.2 Å². The van der Waals surface area contributed by atoms with Gasteiger partial charge in [0, 0.05) is 31.2 Å². The van der Waals surface area contributed by atoms with Crippen LogP contribution < -0.4 is 14.8 Å². The molecule has 1 aromatic carbocycles. The average Bonchev–Trinajstić information content (AvgIpc) is 3.60. The van der Waals surface area contributed by atoms with Crippen LogP contribution in [-0.4, -0.2) is 39.5 Å². The molecule has 2 aliphatic carbocycles. The van der Waals surface area contributed by atoms with E-state index in [9.17, 15) is 4.79 Å². The molecule has 5 rings (SSSR count). The van der Waals surface area contributed by atoms with Crippen LogP contribution in [0.3, 0.4) is 0 Å². The van der Waals surface area contributed by atoms with Crippen LogP contribution in [-0.2, 0) is 21.2 Å². The maximum Gasteiger partial charge on any atom is 0.200 e. The van der Waals surface area contributed by atoms with Gasteiger partial charge >= 0.3 is 0 Å². The van der Waals surface area contributed by atoms with Gasteiger partial charge in [-0.3, -0.25) is 4.79 Å². The molecule has 4 aliphatic rings. The van der Waals surface area contributed by atoms with Gasteiger partial charge in [-0.25, -0.2) is 0 Å². The lowest BCUT2D eigenvalue weighted by molar-refractivity contribution is -0.117. The van der Waals surface area contributed by atoms with Gasteiger partial charge in [-0.05, 0) is 75.4 Å². The van der Waals surface area contributed by atoms with Crippen molar-refractivity contribution >= 4 is 30.0 Å². The fourth-order valence-electron chi connectivity index (χ4n) is 7.23. The zero-order chi connectivity index (χ0) is 25.8. The Bertz CT molecular complexity index is 1030. The van der Waals surface area contributed by atoms with E-state index >= 15 is 0 Å². The molecule has 3 atom stereocenters. The summed E-state index contributed by atoms with van der Waals surface area (Å²) < 4.78 is 20.8. The number of ketones is 1. The lowest BCUT2D eigenvalue weighted by Gasteiger charge is -2.43. The minimum Gasteiger partial charge on any atom is -0.492 e. The summed E-state index contributed by atoms with van der Waals surface area (Å²) in [6, 6.07) is 2.36. The first kappa shape index (κ1) is 26.5. The van der Waals surface area contributed by atoms with Crippen LogP contribution >= 0.6 is 15.9 Å². The second kappa shape index (κ2) is 9.86. The second-order valence-electron chi connectivity index (χ2n) is 12.4. The third-order valence-electron chi connectivity index (χ3n) is 9.10. The molecule has 0 radical (unpaired) electrons. The Morgan fingerprint density at radius 1 is 1.14 bits per heavy atom. The quantitative estimate of drug-likeness (QED) is 0.327. The molecule has 36 heavy (non-hydrogen) atoms. The lowest BCUT2D eigenvalue weighted by Crippen LogP contribution is -2.51. The first-order valence-electron chi connectivity index (χ1n) is 13.8. The Hall–Kier alpha value is -1.15. The van der Waals surface area contributed by atoms with Gasteiger partial charge in [-0.2, -0.15) is 0 Å². The first-order chi connectivity index (χ1) is 17.1. The van der Waals surface area contributed by atoms with Crippen molar-refractivity contribution in [3.8, 4) is 11.5 Å². The molecule has 0 bridgehead atoms. The maximum absolute atomic E-state index is 12.5. The van der Waals surface area contributed by atoms with Gasteiger partial charge in [-0.1, -0.05) is 47.6 Å². The Morgan fingerprint density at radius 2 is 1.83 bits per heavy atom. The van der Waals surface area contributed by atoms with Crippen LogP contribution in [0.1, 0.15) is 78.4 Å². The highest BCUT2D eigenvalue weighted by Gasteiger charge is 2.54. The Balaban J connectivity index is 1.48. The first-order valence-corrected chi connectivity index (χ1v) is 16.8. The van der Waals surface area contributed by atoms with Crippen molar-refractivity contribution in [2.45, 2.75) is 108 Å². The van der Waals surface area contributed by atoms with E-state index in [4.69, 9.17) is 13.9 Å². The van der Waals surface area contributed by atoms with Gasteiger partial charge in [0.2, 0.25) is 0 Å². The molecule has 1 aromatic rings. The molecule has 1 fully saturated rings. The van der Waals surface area contributed by atoms with Crippen LogP contribution in [0.25, 0.3) is 0 Å². The minimum absolute atomic E-state index is 0.136. The molecule has 198 valence electrons. The average molecular weight is 577 g/mol. The molecular formula is C29H42BrNO4Si. The molecule has 1 N–H and O–H groups in total. The molecule has 0 aromatic heterocycles. The fourth-order valence-corrected chi connectivity index (χ4v) is 13.2. The number of benzene rings is 1. The number of hydrogen-bond acceptors (Lipinski definition) is 5. The number of halogens is 1.